The van der Waals surface area contributed by atoms with Crippen molar-refractivity contribution in [1.29, 1.82) is 0 Å². The molecular weight excluding hydrogens is 981 g/mol. The summed E-state index contributed by atoms with van der Waals surface area (Å²) in [6, 6.07) is 9.28. The van der Waals surface area contributed by atoms with Gasteiger partial charge in [0.2, 0.25) is 29.5 Å². The van der Waals surface area contributed by atoms with Crippen molar-refractivity contribution in [3.63, 3.8) is 0 Å². The zero-order valence-electron chi connectivity index (χ0n) is 40.4. The molecule has 0 aliphatic rings. The average Bonchev–Trinajstić information content (AvgIpc) is 3.29. The topological polar surface area (TPSA) is 403 Å². The van der Waals surface area contributed by atoms with Crippen LogP contribution in [0.4, 0.5) is 0 Å². The van der Waals surface area contributed by atoms with Gasteiger partial charge in [-0.25, -0.2) is 9.59 Å². The van der Waals surface area contributed by atoms with E-state index in [1.54, 1.807) is 88.4 Å². The molecule has 0 aliphatic heterocycles. The van der Waals surface area contributed by atoms with Crippen molar-refractivity contribution in [2.24, 2.45) is 16.9 Å². The lowest BCUT2D eigenvalue weighted by Gasteiger charge is -2.42. The van der Waals surface area contributed by atoms with Gasteiger partial charge in [0.25, 0.3) is 0 Å². The van der Waals surface area contributed by atoms with Crippen LogP contribution in [0.25, 0.3) is 0 Å². The number of thiocarbonyl (C=S) groups is 1. The van der Waals surface area contributed by atoms with E-state index in [-0.39, 0.29) is 49.4 Å². The molecule has 0 saturated carbocycles. The highest BCUT2D eigenvalue weighted by molar-refractivity contribution is 7.80. The Morgan fingerprint density at radius 2 is 1.11 bits per heavy atom. The van der Waals surface area contributed by atoms with Crippen LogP contribution in [0.3, 0.4) is 0 Å². The summed E-state index contributed by atoms with van der Waals surface area (Å²) in [5, 5.41) is 68.5. The molecular formula is C46H68N10O14S2. The Balaban J connectivity index is 2.22. The van der Waals surface area contributed by atoms with Gasteiger partial charge in [-0.1, -0.05) is 74.5 Å². The highest BCUT2D eigenvalue weighted by atomic mass is 32.1. The molecule has 0 fully saturated rings. The number of rotatable bonds is 32. The second-order valence-electron chi connectivity index (χ2n) is 18.1. The average molecular weight is 1050 g/mol. The quantitative estimate of drug-likeness (QED) is 0.0220. The van der Waals surface area contributed by atoms with Gasteiger partial charge in [0.1, 0.15) is 30.4 Å². The fraction of sp³-hybridized carbons (Fsp3) is 0.522. The maximum atomic E-state index is 14.2. The molecule has 2 aromatic carbocycles. The summed E-state index contributed by atoms with van der Waals surface area (Å²) in [5.74, 6) is -8.88. The third-order valence-corrected chi connectivity index (χ3v) is 12.2. The van der Waals surface area contributed by atoms with E-state index in [0.29, 0.717) is 11.1 Å². The van der Waals surface area contributed by atoms with Crippen molar-refractivity contribution in [2.45, 2.75) is 133 Å². The van der Waals surface area contributed by atoms with Gasteiger partial charge in [-0.05, 0) is 55.4 Å². The number of aliphatic carboxylic acids is 4. The van der Waals surface area contributed by atoms with Crippen molar-refractivity contribution >= 4 is 83.4 Å². The predicted octanol–water partition coefficient (Wildman–Crippen LogP) is -1.71. The van der Waals surface area contributed by atoms with Gasteiger partial charge in [-0.3, -0.25) is 38.9 Å². The van der Waals surface area contributed by atoms with E-state index in [2.05, 4.69) is 55.2 Å². The zero-order chi connectivity index (χ0) is 54.3. The number of aliphatic hydroxyl groups excluding tert-OH is 1. The molecule has 0 aliphatic carbocycles. The molecule has 0 radical (unpaired) electrons. The summed E-state index contributed by atoms with van der Waals surface area (Å²) in [4.78, 5) is 114. The number of amides is 5. The Morgan fingerprint density at radius 1 is 0.625 bits per heavy atom. The number of thiol groups is 1. The van der Waals surface area contributed by atoms with Gasteiger partial charge in [0.05, 0.1) is 24.7 Å². The van der Waals surface area contributed by atoms with E-state index in [9.17, 15) is 63.6 Å². The number of aliphatic hydroxyl groups is 1. The first-order chi connectivity index (χ1) is 33.6. The van der Waals surface area contributed by atoms with Crippen LogP contribution < -0.4 is 54.0 Å². The maximum absolute atomic E-state index is 14.2. The second-order valence-corrected chi connectivity index (χ2v) is 18.9. The predicted molar refractivity (Wildman–Crippen MR) is 269 cm³/mol. The summed E-state index contributed by atoms with van der Waals surface area (Å²) >= 11 is 9.05. The minimum atomic E-state index is -1.71. The number of carboxylic acids is 4. The molecule has 0 spiro atoms. The maximum Gasteiger partial charge on any atom is 0.326 e. The molecule has 0 bridgehead atoms. The summed E-state index contributed by atoms with van der Waals surface area (Å²) in [5.41, 5.74) is 11.0. The number of carboxylic acid groups (broad SMARTS) is 4. The van der Waals surface area contributed by atoms with Gasteiger partial charge in [-0.2, -0.15) is 12.6 Å². The van der Waals surface area contributed by atoms with Gasteiger partial charge in [0.15, 0.2) is 5.11 Å². The molecule has 8 atom stereocenters. The van der Waals surface area contributed by atoms with Crippen LogP contribution >= 0.6 is 24.8 Å². The Morgan fingerprint density at radius 3 is 1.58 bits per heavy atom. The lowest BCUT2D eigenvalue weighted by Crippen LogP contribution is -2.60. The number of benzene rings is 2. The van der Waals surface area contributed by atoms with Crippen molar-refractivity contribution in [3.05, 3.63) is 71.8 Å². The summed E-state index contributed by atoms with van der Waals surface area (Å²) < 4.78 is 0. The Kier molecular flexibility index (Phi) is 25.5. The van der Waals surface area contributed by atoms with Crippen molar-refractivity contribution < 1.29 is 68.7 Å². The molecule has 26 heteroatoms. The van der Waals surface area contributed by atoms with E-state index >= 15 is 0 Å². The van der Waals surface area contributed by atoms with Crippen LogP contribution in [0.1, 0.15) is 77.3 Å². The molecule has 2 rings (SSSR count). The number of carbonyl (C=O) groups is 9. The monoisotopic (exact) mass is 1050 g/mol. The van der Waals surface area contributed by atoms with Crippen molar-refractivity contribution in [3.8, 4) is 0 Å². The molecule has 24 nitrogen and oxygen atoms in total. The smallest absolute Gasteiger partial charge is 0.326 e. The number of hydrogen-bond donors (Lipinski definition) is 16. The first-order valence-corrected chi connectivity index (χ1v) is 23.8. The van der Waals surface area contributed by atoms with E-state index in [1.165, 1.54) is 0 Å². The lowest BCUT2D eigenvalue weighted by molar-refractivity contribution is -0.141. The van der Waals surface area contributed by atoms with Crippen LogP contribution in [0.5, 0.6) is 0 Å². The number of nitrogens with two attached hydrogens (primary N) is 2. The van der Waals surface area contributed by atoms with Crippen LogP contribution in [0.15, 0.2) is 60.7 Å². The standard InChI is InChI=1S/C46H68N10O14S2/c1-45(2,46(3,4)56-34(57)17-15-28(42(67)68)53-44(72)54-29(43(69)70)16-18-36(59)60)22-35(58)50-31(20-26-13-9-6-10-14-26)40(65)52-30(19-25-11-7-5-8-12-25)39(64)49-23-27(47)38(63)51-32(21-37(61)62)41(66)55-33(48)24-71/h5-14,27-33,38,51,63,71H,15-24,47-48H2,1-4H3,(H,49,64)(H,50,58)(H,52,65)(H,55,66)(H,56,57)(H,59,60)(H,61,62)(H,67,68)(H,69,70)(H2,53,54,72). The van der Waals surface area contributed by atoms with Gasteiger partial charge < -0.3 is 74.2 Å². The Hall–Kier alpha value is -6.45. The normalized spacial score (nSPS) is 14.8. The lowest BCUT2D eigenvalue weighted by atomic mass is 9.71. The van der Waals surface area contributed by atoms with Crippen LogP contribution in [0.2, 0.25) is 0 Å². The SMILES string of the molecule is CC(C)(CC(=O)NC(Cc1ccccc1)C(=O)NC(Cc1ccccc1)C(=O)NCC(N)C(O)NC(CC(=O)O)C(=O)NC(N)CS)C(C)(C)NC(=O)CCC(NC(=S)NC(CCC(=O)O)C(=O)O)C(=O)O. The zero-order valence-corrected chi connectivity index (χ0v) is 42.1. The molecule has 2 aromatic rings. The van der Waals surface area contributed by atoms with E-state index in [1.807, 2.05) is 0 Å². The third-order valence-electron chi connectivity index (χ3n) is 11.6. The summed E-state index contributed by atoms with van der Waals surface area (Å²) in [7, 11) is 0. The largest absolute Gasteiger partial charge is 0.481 e. The molecule has 5 amide bonds. The van der Waals surface area contributed by atoms with Crippen molar-refractivity contribution in [2.75, 3.05) is 12.3 Å². The summed E-state index contributed by atoms with van der Waals surface area (Å²) in [6.07, 6.45) is -5.13. The number of nitrogens with one attached hydrogen (secondary N) is 8. The second kappa shape index (κ2) is 29.8. The minimum absolute atomic E-state index is 0.0115. The highest BCUT2D eigenvalue weighted by Gasteiger charge is 2.41. The number of carbonyl (C=O) groups excluding carboxylic acids is 5. The van der Waals surface area contributed by atoms with E-state index in [4.69, 9.17) is 28.8 Å². The van der Waals surface area contributed by atoms with E-state index < -0.39 is 132 Å². The highest BCUT2D eigenvalue weighted by Crippen LogP contribution is 2.34. The van der Waals surface area contributed by atoms with Crippen LogP contribution in [-0.4, -0.2) is 151 Å². The van der Waals surface area contributed by atoms with Gasteiger partial charge >= 0.3 is 23.9 Å². The first kappa shape index (κ1) is 61.7. The molecule has 72 heavy (non-hydrogen) atoms. The molecule has 8 unspecified atom stereocenters. The van der Waals surface area contributed by atoms with Crippen LogP contribution in [-0.2, 0) is 56.0 Å². The van der Waals surface area contributed by atoms with Gasteiger partial charge in [-0.15, -0.1) is 0 Å². The molecule has 17 N–H and O–H groups in total. The van der Waals surface area contributed by atoms with Crippen LogP contribution in [0, 0.1) is 5.41 Å². The molecule has 398 valence electrons. The third kappa shape index (κ3) is 22.3. The molecule has 0 saturated heterocycles. The molecule has 0 heterocycles. The minimum Gasteiger partial charge on any atom is -0.481 e. The Labute approximate surface area is 427 Å². The fourth-order valence-corrected chi connectivity index (χ4v) is 7.14. The number of hydrogen-bond acceptors (Lipinski definition) is 15. The van der Waals surface area contributed by atoms with E-state index in [0.717, 1.165) is 0 Å². The Bertz CT molecular complexity index is 2190. The fourth-order valence-electron chi connectivity index (χ4n) is 6.77. The van der Waals surface area contributed by atoms with Crippen molar-refractivity contribution in [1.82, 2.24) is 42.5 Å². The molecule has 0 aromatic heterocycles. The first-order valence-electron chi connectivity index (χ1n) is 22.7. The summed E-state index contributed by atoms with van der Waals surface area (Å²) in [6.45, 7) is 6.30. The van der Waals surface area contributed by atoms with Gasteiger partial charge in [0, 0.05) is 49.9 Å².